The number of hydrogen-bond donors (Lipinski definition) is 0. The first-order valence-corrected chi connectivity index (χ1v) is 10.3. The molecule has 0 radical (unpaired) electrons. The highest BCUT2D eigenvalue weighted by Gasteiger charge is 2.62. The number of hydrogen-bond acceptors (Lipinski definition) is 4. The van der Waals surface area contributed by atoms with Crippen molar-refractivity contribution in [3.63, 3.8) is 0 Å². The van der Waals surface area contributed by atoms with E-state index in [9.17, 15) is 14.4 Å². The van der Waals surface area contributed by atoms with E-state index in [0.29, 0.717) is 25.2 Å². The molecule has 0 N–H and O–H groups in total. The van der Waals surface area contributed by atoms with Gasteiger partial charge in [0.15, 0.2) is 0 Å². The summed E-state index contributed by atoms with van der Waals surface area (Å²) in [6.07, 6.45) is 2.84. The average molecular weight is 409 g/mol. The first-order valence-electron chi connectivity index (χ1n) is 10.3. The topological polar surface area (TPSA) is 70.2 Å². The lowest BCUT2D eigenvalue weighted by molar-refractivity contribution is -0.167. The number of ether oxygens (including phenoxy) is 1. The summed E-state index contributed by atoms with van der Waals surface area (Å²) in [7, 11) is 1.78. The number of likely N-dealkylation sites (N-methyl/N-ethyl adjacent to an activating group) is 1. The molecule has 30 heavy (non-hydrogen) atoms. The summed E-state index contributed by atoms with van der Waals surface area (Å²) in [5, 5.41) is 0. The quantitative estimate of drug-likeness (QED) is 0.411. The van der Waals surface area contributed by atoms with Gasteiger partial charge in [0, 0.05) is 25.8 Å². The van der Waals surface area contributed by atoms with Gasteiger partial charge in [-0.1, -0.05) is 31.7 Å². The molecule has 3 aliphatic heterocycles. The molecule has 0 bridgehead atoms. The molecule has 2 saturated heterocycles. The normalized spacial score (nSPS) is 25.6. The minimum absolute atomic E-state index is 0.0232. The van der Waals surface area contributed by atoms with Crippen LogP contribution in [0.25, 0.3) is 5.57 Å². The summed E-state index contributed by atoms with van der Waals surface area (Å²) in [6.45, 7) is 8.99. The summed E-state index contributed by atoms with van der Waals surface area (Å²) >= 11 is 0. The van der Waals surface area contributed by atoms with Crippen LogP contribution in [0.4, 0.5) is 10.5 Å². The van der Waals surface area contributed by atoms with Gasteiger partial charge in [-0.05, 0) is 43.0 Å². The number of carbonyl (C=O) groups excluding carboxylic acids is 3. The maximum Gasteiger partial charge on any atom is 0.355 e. The summed E-state index contributed by atoms with van der Waals surface area (Å²) in [4.78, 5) is 42.9. The zero-order valence-corrected chi connectivity index (χ0v) is 17.7. The molecule has 2 atom stereocenters. The van der Waals surface area contributed by atoms with E-state index in [4.69, 9.17) is 4.74 Å². The molecule has 1 aromatic rings. The van der Waals surface area contributed by atoms with Crippen molar-refractivity contribution in [2.24, 2.45) is 5.41 Å². The molecule has 0 spiro atoms. The molecule has 7 heteroatoms. The molecular formula is C23H27N3O4. The second kappa shape index (κ2) is 7.31. The highest BCUT2D eigenvalue weighted by molar-refractivity contribution is 6.08. The highest BCUT2D eigenvalue weighted by atomic mass is 16.5. The number of amides is 3. The Bertz CT molecular complexity index is 952. The van der Waals surface area contributed by atoms with Crippen molar-refractivity contribution in [2.45, 2.75) is 32.7 Å². The summed E-state index contributed by atoms with van der Waals surface area (Å²) in [5.41, 5.74) is 2.38. The molecule has 4 rings (SSSR count). The van der Waals surface area contributed by atoms with Gasteiger partial charge < -0.3 is 14.5 Å². The fourth-order valence-electron chi connectivity index (χ4n) is 4.58. The van der Waals surface area contributed by atoms with Gasteiger partial charge in [0.1, 0.15) is 12.3 Å². The number of β-lactam (4-membered cyclic amide) rings is 1. The molecule has 7 nitrogen and oxygen atoms in total. The monoisotopic (exact) mass is 409 g/mol. The fraction of sp³-hybridized carbons (Fsp3) is 0.435. The zero-order chi connectivity index (χ0) is 21.6. The first-order chi connectivity index (χ1) is 14.3. The molecule has 158 valence electrons. The van der Waals surface area contributed by atoms with Crippen LogP contribution in [-0.2, 0) is 14.3 Å². The fourth-order valence-corrected chi connectivity index (χ4v) is 4.58. The number of fused-ring (bicyclic) bond motifs is 1. The summed E-state index contributed by atoms with van der Waals surface area (Å²) < 4.78 is 5.29. The number of rotatable bonds is 6. The lowest BCUT2D eigenvalue weighted by Crippen LogP contribution is -2.65. The Balaban J connectivity index is 1.67. The maximum absolute atomic E-state index is 12.9. The van der Waals surface area contributed by atoms with Gasteiger partial charge in [-0.2, -0.15) is 0 Å². The highest BCUT2D eigenvalue weighted by Crippen LogP contribution is 2.53. The third-order valence-electron chi connectivity index (χ3n) is 6.68. The van der Waals surface area contributed by atoms with E-state index in [-0.39, 0.29) is 24.6 Å². The third-order valence-corrected chi connectivity index (χ3v) is 6.68. The standard InChI is InChI=1S/C23H27N3O4/c1-5-13-30-20(27)19-17(14-18-23(3,6-2)21(28)26(18)19)15-7-9-16(10-8-15)25-12-11-24(4)22(25)29/h5,7-10,18H,1,6,11-14H2,2-4H3. The van der Waals surface area contributed by atoms with E-state index < -0.39 is 11.4 Å². The van der Waals surface area contributed by atoms with Crippen molar-refractivity contribution < 1.29 is 19.1 Å². The van der Waals surface area contributed by atoms with Crippen molar-refractivity contribution in [3.05, 3.63) is 48.2 Å². The van der Waals surface area contributed by atoms with E-state index in [0.717, 1.165) is 23.2 Å². The predicted molar refractivity (Wildman–Crippen MR) is 114 cm³/mol. The Labute approximate surface area is 176 Å². The van der Waals surface area contributed by atoms with Crippen LogP contribution in [-0.4, -0.2) is 60.5 Å². The van der Waals surface area contributed by atoms with Gasteiger partial charge in [-0.3, -0.25) is 9.69 Å². The van der Waals surface area contributed by atoms with E-state index in [2.05, 4.69) is 6.58 Å². The van der Waals surface area contributed by atoms with E-state index in [1.807, 2.05) is 38.1 Å². The number of urea groups is 1. The number of nitrogens with zero attached hydrogens (tertiary/aromatic N) is 3. The minimum Gasteiger partial charge on any atom is -0.457 e. The van der Waals surface area contributed by atoms with Crippen molar-refractivity contribution in [2.75, 3.05) is 31.6 Å². The van der Waals surface area contributed by atoms with Crippen LogP contribution in [0.1, 0.15) is 32.3 Å². The van der Waals surface area contributed by atoms with Gasteiger partial charge in [0.05, 0.1) is 11.5 Å². The predicted octanol–water partition coefficient (Wildman–Crippen LogP) is 3.03. The van der Waals surface area contributed by atoms with Gasteiger partial charge in [-0.25, -0.2) is 9.59 Å². The molecule has 0 aromatic heterocycles. The van der Waals surface area contributed by atoms with Crippen molar-refractivity contribution in [1.29, 1.82) is 0 Å². The molecule has 3 aliphatic rings. The number of anilines is 1. The van der Waals surface area contributed by atoms with Crippen LogP contribution >= 0.6 is 0 Å². The van der Waals surface area contributed by atoms with Crippen molar-refractivity contribution in [3.8, 4) is 0 Å². The maximum atomic E-state index is 12.9. The Kier molecular flexibility index (Phi) is 4.92. The second-order valence-corrected chi connectivity index (χ2v) is 8.28. The summed E-state index contributed by atoms with van der Waals surface area (Å²) in [5.74, 6) is -0.530. The van der Waals surface area contributed by atoms with Crippen LogP contribution in [0.2, 0.25) is 0 Å². The number of carbonyl (C=O) groups is 3. The van der Waals surface area contributed by atoms with Crippen LogP contribution < -0.4 is 4.90 Å². The Morgan fingerprint density at radius 1 is 1.27 bits per heavy atom. The lowest BCUT2D eigenvalue weighted by Gasteiger charge is -2.51. The van der Waals surface area contributed by atoms with Crippen LogP contribution in [0.3, 0.4) is 0 Å². The molecule has 3 heterocycles. The Morgan fingerprint density at radius 2 is 1.97 bits per heavy atom. The van der Waals surface area contributed by atoms with Gasteiger partial charge in [-0.15, -0.1) is 0 Å². The molecule has 2 fully saturated rings. The molecule has 2 unspecified atom stereocenters. The van der Waals surface area contributed by atoms with E-state index in [1.54, 1.807) is 21.7 Å². The largest absolute Gasteiger partial charge is 0.457 e. The number of benzene rings is 1. The van der Waals surface area contributed by atoms with Crippen molar-refractivity contribution in [1.82, 2.24) is 9.80 Å². The third kappa shape index (κ3) is 2.83. The SMILES string of the molecule is C=CCOC(=O)C1=C(c2ccc(N3CCN(C)C3=O)cc2)CC2N1C(=O)C2(C)CC. The second-order valence-electron chi connectivity index (χ2n) is 8.28. The molecular weight excluding hydrogens is 382 g/mol. The Morgan fingerprint density at radius 3 is 2.53 bits per heavy atom. The van der Waals surface area contributed by atoms with E-state index in [1.165, 1.54) is 6.08 Å². The van der Waals surface area contributed by atoms with Gasteiger partial charge >= 0.3 is 12.0 Å². The Hall–Kier alpha value is -3.09. The molecule has 0 aliphatic carbocycles. The molecule has 3 amide bonds. The van der Waals surface area contributed by atoms with Crippen LogP contribution in [0.5, 0.6) is 0 Å². The minimum atomic E-state index is -0.501. The van der Waals surface area contributed by atoms with Crippen LogP contribution in [0.15, 0.2) is 42.6 Å². The van der Waals surface area contributed by atoms with Gasteiger partial charge in [0.25, 0.3) is 0 Å². The van der Waals surface area contributed by atoms with Crippen LogP contribution in [0, 0.1) is 5.41 Å². The average Bonchev–Trinajstić information content (AvgIpc) is 3.30. The van der Waals surface area contributed by atoms with E-state index >= 15 is 0 Å². The molecule has 0 saturated carbocycles. The first kappa shape index (κ1) is 20.2. The van der Waals surface area contributed by atoms with Gasteiger partial charge in [0.2, 0.25) is 5.91 Å². The smallest absolute Gasteiger partial charge is 0.355 e. The van der Waals surface area contributed by atoms with Crippen molar-refractivity contribution >= 4 is 29.2 Å². The lowest BCUT2D eigenvalue weighted by atomic mass is 9.70. The molecule has 1 aromatic carbocycles. The summed E-state index contributed by atoms with van der Waals surface area (Å²) in [6, 6.07) is 7.55. The number of esters is 1. The zero-order valence-electron chi connectivity index (χ0n) is 17.7.